The van der Waals surface area contributed by atoms with E-state index < -0.39 is 0 Å². The van der Waals surface area contributed by atoms with E-state index in [1.165, 1.54) is 4.88 Å². The van der Waals surface area contributed by atoms with Gasteiger partial charge in [0.2, 0.25) is 0 Å². The van der Waals surface area contributed by atoms with Gasteiger partial charge in [0.05, 0.1) is 5.69 Å². The number of thiazole rings is 1. The van der Waals surface area contributed by atoms with Crippen LogP contribution in [-0.2, 0) is 0 Å². The molecular formula is C8H12N2S. The van der Waals surface area contributed by atoms with Crippen LogP contribution in [0.3, 0.4) is 0 Å². The number of aryl methyl sites for hydroxylation is 2. The topological polar surface area (TPSA) is 24.9 Å². The Balaban J connectivity index is 2.81. The summed E-state index contributed by atoms with van der Waals surface area (Å²) in [4.78, 5) is 5.56. The number of rotatable bonds is 2. The van der Waals surface area contributed by atoms with Gasteiger partial charge in [-0.2, -0.15) is 0 Å². The van der Waals surface area contributed by atoms with Crippen LogP contribution in [0.15, 0.2) is 12.3 Å². The molecule has 0 aliphatic heterocycles. The minimum absolute atomic E-state index is 0.929. The number of nitrogens with one attached hydrogen (secondary N) is 1. The predicted molar refractivity (Wildman–Crippen MR) is 50.0 cm³/mol. The highest BCUT2D eigenvalue weighted by Crippen LogP contribution is 2.21. The molecule has 0 aliphatic rings. The Bertz CT molecular complexity index is 256. The molecule has 1 aromatic rings. The average Bonchev–Trinajstić information content (AvgIpc) is 2.10. The molecule has 0 unspecified atom stereocenters. The quantitative estimate of drug-likeness (QED) is 0.734. The zero-order chi connectivity index (χ0) is 8.43. The van der Waals surface area contributed by atoms with Crippen molar-refractivity contribution >= 4 is 16.5 Å². The van der Waals surface area contributed by atoms with E-state index >= 15 is 0 Å². The minimum atomic E-state index is 0.929. The maximum absolute atomic E-state index is 4.30. The molecule has 0 fully saturated rings. The molecule has 11 heavy (non-hydrogen) atoms. The van der Waals surface area contributed by atoms with Crippen molar-refractivity contribution in [1.29, 1.82) is 0 Å². The summed E-state index contributed by atoms with van der Waals surface area (Å²) in [6.45, 7) is 9.74. The van der Waals surface area contributed by atoms with Crippen molar-refractivity contribution in [3.05, 3.63) is 22.8 Å². The van der Waals surface area contributed by atoms with Crippen molar-refractivity contribution in [2.45, 2.75) is 20.8 Å². The van der Waals surface area contributed by atoms with Crippen LogP contribution in [0.1, 0.15) is 17.5 Å². The van der Waals surface area contributed by atoms with Crippen LogP contribution in [0.2, 0.25) is 0 Å². The largest absolute Gasteiger partial charge is 0.336 e. The first-order valence-electron chi connectivity index (χ1n) is 3.46. The molecule has 0 amide bonds. The van der Waals surface area contributed by atoms with E-state index in [1.807, 2.05) is 13.8 Å². The normalized spacial score (nSPS) is 9.73. The highest BCUT2D eigenvalue weighted by atomic mass is 32.1. The fraction of sp³-hybridized carbons (Fsp3) is 0.375. The molecule has 2 nitrogen and oxygen atoms in total. The van der Waals surface area contributed by atoms with Crippen LogP contribution in [0.5, 0.6) is 0 Å². The average molecular weight is 168 g/mol. The van der Waals surface area contributed by atoms with Gasteiger partial charge in [-0.25, -0.2) is 4.98 Å². The summed E-state index contributed by atoms with van der Waals surface area (Å²) < 4.78 is 0. The van der Waals surface area contributed by atoms with E-state index in [-0.39, 0.29) is 0 Å². The zero-order valence-electron chi connectivity index (χ0n) is 7.06. The summed E-state index contributed by atoms with van der Waals surface area (Å²) in [5, 5.41) is 4.02. The number of allylic oxidation sites excluding steroid dienone is 1. The summed E-state index contributed by atoms with van der Waals surface area (Å²) in [7, 11) is 0. The highest BCUT2D eigenvalue weighted by molar-refractivity contribution is 7.15. The Morgan fingerprint density at radius 2 is 2.18 bits per heavy atom. The molecule has 3 heteroatoms. The number of anilines is 1. The van der Waals surface area contributed by atoms with Gasteiger partial charge in [-0.3, -0.25) is 0 Å². The lowest BCUT2D eigenvalue weighted by Crippen LogP contribution is -1.91. The molecule has 0 radical (unpaired) electrons. The highest BCUT2D eigenvalue weighted by Gasteiger charge is 2.01. The van der Waals surface area contributed by atoms with Gasteiger partial charge in [-0.05, 0) is 20.8 Å². The summed E-state index contributed by atoms with van der Waals surface area (Å²) in [5.41, 5.74) is 2.03. The predicted octanol–water partition coefficient (Wildman–Crippen LogP) is 2.71. The maximum Gasteiger partial charge on any atom is 0.187 e. The number of hydrogen-bond donors (Lipinski definition) is 1. The molecule has 0 spiro atoms. The molecule has 60 valence electrons. The summed E-state index contributed by atoms with van der Waals surface area (Å²) in [6.07, 6.45) is 0. The van der Waals surface area contributed by atoms with Gasteiger partial charge in [0.15, 0.2) is 5.13 Å². The van der Waals surface area contributed by atoms with Gasteiger partial charge in [-0.15, -0.1) is 11.3 Å². The fourth-order valence-corrected chi connectivity index (χ4v) is 1.60. The van der Waals surface area contributed by atoms with Crippen molar-refractivity contribution < 1.29 is 0 Å². The van der Waals surface area contributed by atoms with E-state index in [9.17, 15) is 0 Å². The lowest BCUT2D eigenvalue weighted by atomic mass is 10.4. The molecule has 1 N–H and O–H groups in total. The lowest BCUT2D eigenvalue weighted by molar-refractivity contribution is 1.21. The second-order valence-electron chi connectivity index (χ2n) is 2.57. The van der Waals surface area contributed by atoms with Gasteiger partial charge >= 0.3 is 0 Å². The molecule has 1 rings (SSSR count). The monoisotopic (exact) mass is 168 g/mol. The number of nitrogens with zero attached hydrogens (tertiary/aromatic N) is 1. The second kappa shape index (κ2) is 3.05. The Kier molecular flexibility index (Phi) is 2.29. The molecule has 0 saturated carbocycles. The number of hydrogen-bond acceptors (Lipinski definition) is 3. The van der Waals surface area contributed by atoms with Crippen molar-refractivity contribution in [1.82, 2.24) is 4.98 Å². The van der Waals surface area contributed by atoms with Gasteiger partial charge in [0.25, 0.3) is 0 Å². The van der Waals surface area contributed by atoms with E-state index in [0.29, 0.717) is 0 Å². The first-order valence-corrected chi connectivity index (χ1v) is 4.28. The molecule has 0 atom stereocenters. The third-order valence-electron chi connectivity index (χ3n) is 1.35. The van der Waals surface area contributed by atoms with Crippen LogP contribution in [0, 0.1) is 13.8 Å². The van der Waals surface area contributed by atoms with Crippen LogP contribution >= 0.6 is 11.3 Å². The Hall–Kier alpha value is -0.830. The SMILES string of the molecule is C=C(C)Nc1nc(C)c(C)s1. The van der Waals surface area contributed by atoms with Crippen LogP contribution in [-0.4, -0.2) is 4.98 Å². The lowest BCUT2D eigenvalue weighted by Gasteiger charge is -1.96. The van der Waals surface area contributed by atoms with Crippen molar-refractivity contribution in [2.75, 3.05) is 5.32 Å². The molecule has 1 aromatic heterocycles. The molecular weight excluding hydrogens is 156 g/mol. The standard InChI is InChI=1S/C8H12N2S/c1-5(2)9-8-10-6(3)7(4)11-8/h1H2,2-4H3,(H,9,10). The molecule has 0 aromatic carbocycles. The van der Waals surface area contributed by atoms with Crippen molar-refractivity contribution in [3.63, 3.8) is 0 Å². The fourth-order valence-electron chi connectivity index (χ4n) is 0.709. The molecule has 0 saturated heterocycles. The summed E-state index contributed by atoms with van der Waals surface area (Å²) in [6, 6.07) is 0. The summed E-state index contributed by atoms with van der Waals surface area (Å²) >= 11 is 1.66. The van der Waals surface area contributed by atoms with Gasteiger partial charge in [-0.1, -0.05) is 6.58 Å². The van der Waals surface area contributed by atoms with E-state index in [4.69, 9.17) is 0 Å². The van der Waals surface area contributed by atoms with Crippen LogP contribution in [0.4, 0.5) is 5.13 Å². The Morgan fingerprint density at radius 1 is 1.55 bits per heavy atom. The maximum atomic E-state index is 4.30. The van der Waals surface area contributed by atoms with Crippen molar-refractivity contribution in [2.24, 2.45) is 0 Å². The van der Waals surface area contributed by atoms with Crippen LogP contribution < -0.4 is 5.32 Å². The Morgan fingerprint density at radius 3 is 2.55 bits per heavy atom. The van der Waals surface area contributed by atoms with E-state index in [1.54, 1.807) is 11.3 Å². The minimum Gasteiger partial charge on any atom is -0.336 e. The molecule has 1 heterocycles. The summed E-state index contributed by atoms with van der Waals surface area (Å²) in [5.74, 6) is 0. The molecule has 0 aliphatic carbocycles. The van der Waals surface area contributed by atoms with Gasteiger partial charge < -0.3 is 5.32 Å². The third-order valence-corrected chi connectivity index (χ3v) is 2.34. The van der Waals surface area contributed by atoms with Gasteiger partial charge in [0, 0.05) is 10.6 Å². The van der Waals surface area contributed by atoms with Crippen molar-refractivity contribution in [3.8, 4) is 0 Å². The molecule has 0 bridgehead atoms. The first-order chi connectivity index (χ1) is 5.09. The van der Waals surface area contributed by atoms with Gasteiger partial charge in [0.1, 0.15) is 0 Å². The number of aromatic nitrogens is 1. The smallest absolute Gasteiger partial charge is 0.187 e. The second-order valence-corrected chi connectivity index (χ2v) is 3.77. The third kappa shape index (κ3) is 2.05. The van der Waals surface area contributed by atoms with E-state index in [2.05, 4.69) is 23.8 Å². The van der Waals surface area contributed by atoms with E-state index in [0.717, 1.165) is 16.5 Å². The Labute approximate surface area is 71.0 Å². The van der Waals surface area contributed by atoms with Crippen LogP contribution in [0.25, 0.3) is 0 Å². The first kappa shape index (κ1) is 8.27. The zero-order valence-corrected chi connectivity index (χ0v) is 7.88.